The molecule has 0 atom stereocenters. The van der Waals surface area contributed by atoms with Crippen LogP contribution < -0.4 is 0 Å². The van der Waals surface area contributed by atoms with Crippen molar-refractivity contribution < 1.29 is 0 Å². The minimum atomic E-state index is 1.22. The Kier molecular flexibility index (Phi) is 5.38. The van der Waals surface area contributed by atoms with Gasteiger partial charge in [0.2, 0.25) is 0 Å². The normalized spacial score (nSPS) is 10.1. The topological polar surface area (TPSA) is 0 Å². The van der Waals surface area contributed by atoms with E-state index in [2.05, 4.69) is 33.8 Å². The highest BCUT2D eigenvalue weighted by atomic mass is 14.0. The Morgan fingerprint density at radius 1 is 1.20 bits per heavy atom. The summed E-state index contributed by atoms with van der Waals surface area (Å²) >= 11 is 0. The molecule has 0 heteroatoms. The fourth-order valence-corrected chi connectivity index (χ4v) is 0.784. The van der Waals surface area contributed by atoms with E-state index in [0.717, 1.165) is 0 Å². The van der Waals surface area contributed by atoms with E-state index in [1.807, 2.05) is 0 Å². The van der Waals surface area contributed by atoms with Gasteiger partial charge in [0.1, 0.15) is 0 Å². The molecule has 0 heterocycles. The van der Waals surface area contributed by atoms with Gasteiger partial charge in [-0.15, -0.1) is 0 Å². The molecule has 0 nitrogen and oxygen atoms in total. The van der Waals surface area contributed by atoms with Crippen molar-refractivity contribution in [1.29, 1.82) is 0 Å². The molecule has 0 bridgehead atoms. The average Bonchev–Trinajstić information content (AvgIpc) is 1.87. The summed E-state index contributed by atoms with van der Waals surface area (Å²) in [6.07, 6.45) is 6.03. The van der Waals surface area contributed by atoms with E-state index in [0.29, 0.717) is 0 Å². The van der Waals surface area contributed by atoms with Crippen molar-refractivity contribution in [3.63, 3.8) is 0 Å². The predicted octanol–water partition coefficient (Wildman–Crippen LogP) is 3.74. The van der Waals surface area contributed by atoms with E-state index in [4.69, 9.17) is 0 Å². The second-order valence-corrected chi connectivity index (χ2v) is 3.13. The lowest BCUT2D eigenvalue weighted by Gasteiger charge is -2.03. The molecule has 0 amide bonds. The number of allylic oxidation sites excluding steroid dienone is 2. The van der Waals surface area contributed by atoms with E-state index in [1.54, 1.807) is 5.92 Å². The van der Waals surface area contributed by atoms with Gasteiger partial charge >= 0.3 is 0 Å². The third-order valence-electron chi connectivity index (χ3n) is 1.73. The van der Waals surface area contributed by atoms with E-state index in [9.17, 15) is 0 Å². The molecule has 0 aliphatic heterocycles. The van der Waals surface area contributed by atoms with E-state index in [1.165, 1.54) is 24.8 Å². The van der Waals surface area contributed by atoms with Crippen molar-refractivity contribution in [2.45, 2.75) is 47.0 Å². The second kappa shape index (κ2) is 5.52. The smallest absolute Gasteiger partial charge is 0.0272 e. The SMILES string of the molecule is CC[C](C)CCC=C(C)C. The first-order valence-electron chi connectivity index (χ1n) is 4.11. The number of hydrogen-bond acceptors (Lipinski definition) is 0. The van der Waals surface area contributed by atoms with Crippen molar-refractivity contribution in [2.24, 2.45) is 0 Å². The molecule has 0 fully saturated rings. The predicted molar refractivity (Wildman–Crippen MR) is 47.9 cm³/mol. The largest absolute Gasteiger partial charge is 0.0859 e. The molecule has 0 unspecified atom stereocenters. The Labute approximate surface area is 65.3 Å². The molecule has 0 aromatic carbocycles. The van der Waals surface area contributed by atoms with Crippen molar-refractivity contribution in [1.82, 2.24) is 0 Å². The van der Waals surface area contributed by atoms with Gasteiger partial charge in [0.15, 0.2) is 0 Å². The minimum Gasteiger partial charge on any atom is -0.0859 e. The Morgan fingerprint density at radius 3 is 2.20 bits per heavy atom. The van der Waals surface area contributed by atoms with Crippen LogP contribution in [0.2, 0.25) is 0 Å². The second-order valence-electron chi connectivity index (χ2n) is 3.13. The third kappa shape index (κ3) is 5.87. The van der Waals surface area contributed by atoms with E-state index < -0.39 is 0 Å². The van der Waals surface area contributed by atoms with Crippen LogP contribution in [0.3, 0.4) is 0 Å². The monoisotopic (exact) mass is 139 g/mol. The lowest BCUT2D eigenvalue weighted by atomic mass is 10.0. The van der Waals surface area contributed by atoms with Gasteiger partial charge in [-0.05, 0) is 32.6 Å². The molecule has 0 N–H and O–H groups in total. The minimum absolute atomic E-state index is 1.22. The van der Waals surface area contributed by atoms with Crippen molar-refractivity contribution in [3.8, 4) is 0 Å². The first kappa shape index (κ1) is 9.74. The van der Waals surface area contributed by atoms with Gasteiger partial charge in [0, 0.05) is 0 Å². The van der Waals surface area contributed by atoms with E-state index in [-0.39, 0.29) is 0 Å². The van der Waals surface area contributed by atoms with Crippen LogP contribution in [0.25, 0.3) is 0 Å². The Morgan fingerprint density at radius 2 is 1.80 bits per heavy atom. The molecule has 0 saturated carbocycles. The van der Waals surface area contributed by atoms with Gasteiger partial charge in [-0.1, -0.05) is 31.9 Å². The first-order chi connectivity index (χ1) is 4.66. The molecule has 0 rings (SSSR count). The Bertz CT molecular complexity index is 96.6. The lowest BCUT2D eigenvalue weighted by Crippen LogP contribution is -1.86. The summed E-state index contributed by atoms with van der Waals surface area (Å²) in [5.74, 6) is 1.61. The van der Waals surface area contributed by atoms with Crippen molar-refractivity contribution >= 4 is 0 Å². The summed E-state index contributed by atoms with van der Waals surface area (Å²) < 4.78 is 0. The molecule has 0 aliphatic carbocycles. The Hall–Kier alpha value is -0.260. The molecular formula is C10H19. The summed E-state index contributed by atoms with van der Waals surface area (Å²) in [6, 6.07) is 0. The summed E-state index contributed by atoms with van der Waals surface area (Å²) in [5, 5.41) is 0. The van der Waals surface area contributed by atoms with Gasteiger partial charge in [0.05, 0.1) is 0 Å². The van der Waals surface area contributed by atoms with Gasteiger partial charge in [-0.3, -0.25) is 0 Å². The molecule has 0 aromatic rings. The molecule has 0 saturated heterocycles. The van der Waals surface area contributed by atoms with Crippen LogP contribution >= 0.6 is 0 Å². The van der Waals surface area contributed by atoms with Crippen LogP contribution in [0, 0.1) is 5.92 Å². The van der Waals surface area contributed by atoms with Gasteiger partial charge in [-0.2, -0.15) is 0 Å². The highest BCUT2D eigenvalue weighted by Crippen LogP contribution is 2.12. The fraction of sp³-hybridized carbons (Fsp3) is 0.700. The zero-order valence-electron chi connectivity index (χ0n) is 7.70. The number of rotatable bonds is 4. The van der Waals surface area contributed by atoms with Crippen molar-refractivity contribution in [2.75, 3.05) is 0 Å². The van der Waals surface area contributed by atoms with Gasteiger partial charge in [0.25, 0.3) is 0 Å². The summed E-state index contributed by atoms with van der Waals surface area (Å²) in [4.78, 5) is 0. The van der Waals surface area contributed by atoms with Crippen LogP contribution in [0.4, 0.5) is 0 Å². The fourth-order valence-electron chi connectivity index (χ4n) is 0.784. The van der Waals surface area contributed by atoms with Crippen molar-refractivity contribution in [3.05, 3.63) is 17.6 Å². The summed E-state index contributed by atoms with van der Waals surface area (Å²) in [7, 11) is 0. The van der Waals surface area contributed by atoms with Crippen LogP contribution in [0.15, 0.2) is 11.6 Å². The average molecular weight is 139 g/mol. The maximum atomic E-state index is 2.30. The first-order valence-corrected chi connectivity index (χ1v) is 4.11. The molecule has 0 spiro atoms. The zero-order valence-corrected chi connectivity index (χ0v) is 7.70. The maximum Gasteiger partial charge on any atom is -0.0272 e. The van der Waals surface area contributed by atoms with Crippen LogP contribution in [0.1, 0.15) is 47.0 Å². The van der Waals surface area contributed by atoms with E-state index >= 15 is 0 Å². The standard InChI is InChI=1S/C10H19/c1-5-10(4)8-6-7-9(2)3/h7H,5-6,8H2,1-4H3. The molecule has 59 valence electrons. The highest BCUT2D eigenvalue weighted by molar-refractivity contribution is 4.95. The molecule has 0 aromatic heterocycles. The summed E-state index contributed by atoms with van der Waals surface area (Å²) in [6.45, 7) is 8.76. The molecule has 1 radical (unpaired) electrons. The van der Waals surface area contributed by atoms with Gasteiger partial charge < -0.3 is 0 Å². The highest BCUT2D eigenvalue weighted by Gasteiger charge is 1.95. The number of hydrogen-bond donors (Lipinski definition) is 0. The maximum absolute atomic E-state index is 2.30. The zero-order chi connectivity index (χ0) is 7.98. The molecule has 10 heavy (non-hydrogen) atoms. The quantitative estimate of drug-likeness (QED) is 0.520. The lowest BCUT2D eigenvalue weighted by molar-refractivity contribution is 0.773. The van der Waals surface area contributed by atoms with Crippen LogP contribution in [-0.2, 0) is 0 Å². The van der Waals surface area contributed by atoms with Crippen LogP contribution in [0.5, 0.6) is 0 Å². The van der Waals surface area contributed by atoms with Gasteiger partial charge in [-0.25, -0.2) is 0 Å². The third-order valence-corrected chi connectivity index (χ3v) is 1.73. The molecular weight excluding hydrogens is 120 g/mol. The Balaban J connectivity index is 3.28. The van der Waals surface area contributed by atoms with Crippen LogP contribution in [-0.4, -0.2) is 0 Å². The molecule has 0 aliphatic rings. The summed E-state index contributed by atoms with van der Waals surface area (Å²) in [5.41, 5.74) is 1.43.